The van der Waals surface area contributed by atoms with Gasteiger partial charge in [0.25, 0.3) is 0 Å². The predicted molar refractivity (Wildman–Crippen MR) is 143 cm³/mol. The number of likely N-dealkylation sites (N-methyl/N-ethyl adjacent to an activating group) is 2. The largest absolute Gasteiger partial charge is 0.573 e. The Morgan fingerprint density at radius 2 is 1.05 bits per heavy atom. The van der Waals surface area contributed by atoms with Crippen LogP contribution in [0.2, 0.25) is 0 Å². The molecule has 2 aliphatic rings. The Morgan fingerprint density at radius 3 is 1.45 bits per heavy atom. The smallest absolute Gasteiger partial charge is 0.405 e. The lowest BCUT2D eigenvalue weighted by Crippen LogP contribution is -2.44. The van der Waals surface area contributed by atoms with Crippen molar-refractivity contribution < 1.29 is 35.8 Å². The second kappa shape index (κ2) is 12.7. The van der Waals surface area contributed by atoms with Gasteiger partial charge in [0.1, 0.15) is 5.75 Å². The Balaban J connectivity index is 0.000000211. The first kappa shape index (κ1) is 30.2. The van der Waals surface area contributed by atoms with Crippen LogP contribution >= 0.6 is 22.6 Å². The number of hydrogen-bond donors (Lipinski definition) is 1. The first-order valence-corrected chi connectivity index (χ1v) is 12.9. The number of anilines is 3. The molecule has 2 aromatic rings. The summed E-state index contributed by atoms with van der Waals surface area (Å²) in [6, 6.07) is 9.16. The van der Waals surface area contributed by atoms with Gasteiger partial charge in [-0.25, -0.2) is 0 Å². The van der Waals surface area contributed by atoms with Crippen LogP contribution < -0.4 is 25.0 Å². The number of benzene rings is 2. The summed E-state index contributed by atoms with van der Waals surface area (Å²) < 4.78 is 81.2. The highest BCUT2D eigenvalue weighted by Gasteiger charge is 2.33. The second-order valence-corrected chi connectivity index (χ2v) is 10.2. The number of nitrogen functional groups attached to an aromatic ring is 1. The van der Waals surface area contributed by atoms with Crippen LogP contribution in [0.15, 0.2) is 36.4 Å². The summed E-state index contributed by atoms with van der Waals surface area (Å²) in [4.78, 5) is 8.68. The molecule has 0 saturated carbocycles. The molecule has 14 heteroatoms. The molecule has 7 nitrogen and oxygen atoms in total. The highest BCUT2D eigenvalue weighted by Crippen LogP contribution is 2.33. The van der Waals surface area contributed by atoms with Crippen LogP contribution in [0.4, 0.5) is 43.4 Å². The molecule has 38 heavy (non-hydrogen) atoms. The van der Waals surface area contributed by atoms with Crippen LogP contribution in [0.25, 0.3) is 0 Å². The number of piperazine rings is 2. The molecule has 0 bridgehead atoms. The van der Waals surface area contributed by atoms with Gasteiger partial charge in [0, 0.05) is 63.7 Å². The maximum absolute atomic E-state index is 12.2. The van der Waals surface area contributed by atoms with Crippen LogP contribution in [0, 0.1) is 3.57 Å². The van der Waals surface area contributed by atoms with E-state index in [1.807, 2.05) is 29.6 Å². The predicted octanol–water partition coefficient (Wildman–Crippen LogP) is 4.86. The van der Waals surface area contributed by atoms with Gasteiger partial charge < -0.3 is 34.8 Å². The molecular formula is C24H30F6IN5O2. The Kier molecular flexibility index (Phi) is 10.1. The van der Waals surface area contributed by atoms with E-state index in [1.54, 1.807) is 18.2 Å². The fraction of sp³-hybridized carbons (Fsp3) is 0.500. The monoisotopic (exact) mass is 661 g/mol. The van der Waals surface area contributed by atoms with E-state index in [4.69, 9.17) is 5.73 Å². The van der Waals surface area contributed by atoms with E-state index in [9.17, 15) is 26.3 Å². The average Bonchev–Trinajstić information content (AvgIpc) is 2.82. The number of ether oxygens (including phenoxy) is 2. The van der Waals surface area contributed by atoms with Crippen molar-refractivity contribution in [2.75, 3.05) is 82.0 Å². The van der Waals surface area contributed by atoms with Crippen molar-refractivity contribution in [1.82, 2.24) is 9.80 Å². The summed E-state index contributed by atoms with van der Waals surface area (Å²) in [5.74, 6) is -0.503. The first-order valence-electron chi connectivity index (χ1n) is 11.8. The summed E-state index contributed by atoms with van der Waals surface area (Å²) >= 11 is 1.86. The van der Waals surface area contributed by atoms with Gasteiger partial charge in [0.05, 0.1) is 9.26 Å². The van der Waals surface area contributed by atoms with Crippen molar-refractivity contribution in [3.63, 3.8) is 0 Å². The zero-order valence-corrected chi connectivity index (χ0v) is 23.1. The fourth-order valence-electron chi connectivity index (χ4n) is 3.97. The van der Waals surface area contributed by atoms with Gasteiger partial charge >= 0.3 is 12.7 Å². The standard InChI is InChI=1S/C12H14F3IN2O.C12H16F3N3O/c2*1-17-4-6-18(7-5-17)9-2-3-11(10(16)8-9)19-12(13,14)15/h2-3,8H,4-7H2,1H3;2-3,8H,4-7,16H2,1H3. The molecule has 2 N–H and O–H groups in total. The summed E-state index contributed by atoms with van der Waals surface area (Å²) in [5.41, 5.74) is 7.35. The normalized spacial score (nSPS) is 17.6. The molecule has 2 heterocycles. The van der Waals surface area contributed by atoms with Crippen LogP contribution in [0.5, 0.6) is 11.5 Å². The van der Waals surface area contributed by atoms with E-state index in [2.05, 4.69) is 36.1 Å². The number of nitrogens with two attached hydrogens (primary N) is 1. The molecule has 212 valence electrons. The van der Waals surface area contributed by atoms with Gasteiger partial charge in [-0.15, -0.1) is 26.3 Å². The van der Waals surface area contributed by atoms with Crippen molar-refractivity contribution in [2.24, 2.45) is 0 Å². The molecule has 2 aromatic carbocycles. The van der Waals surface area contributed by atoms with Gasteiger partial charge in [-0.05, 0) is 73.1 Å². The molecule has 0 aliphatic carbocycles. The van der Waals surface area contributed by atoms with E-state index in [1.165, 1.54) is 18.2 Å². The summed E-state index contributed by atoms with van der Waals surface area (Å²) in [5, 5.41) is 0. The fourth-order valence-corrected chi connectivity index (χ4v) is 4.58. The molecule has 2 saturated heterocycles. The molecule has 0 atom stereocenters. The lowest BCUT2D eigenvalue weighted by atomic mass is 10.2. The SMILES string of the molecule is CN1CCN(c2ccc(OC(F)(F)F)c(I)c2)CC1.CN1CCN(c2ccc(OC(F)(F)F)c(N)c2)CC1. The number of hydrogen-bond acceptors (Lipinski definition) is 7. The van der Waals surface area contributed by atoms with Crippen molar-refractivity contribution in [3.05, 3.63) is 40.0 Å². The van der Waals surface area contributed by atoms with Crippen LogP contribution in [-0.2, 0) is 0 Å². The topological polar surface area (TPSA) is 57.4 Å². The van der Waals surface area contributed by atoms with Crippen molar-refractivity contribution in [3.8, 4) is 11.5 Å². The molecule has 0 unspecified atom stereocenters. The molecular weight excluding hydrogens is 631 g/mol. The third-order valence-corrected chi connectivity index (χ3v) is 6.94. The second-order valence-electron chi connectivity index (χ2n) is 9.01. The molecule has 0 amide bonds. The minimum atomic E-state index is -4.72. The summed E-state index contributed by atoms with van der Waals surface area (Å²) in [7, 11) is 4.09. The average molecular weight is 661 g/mol. The van der Waals surface area contributed by atoms with Gasteiger partial charge in [0.2, 0.25) is 0 Å². The summed E-state index contributed by atoms with van der Waals surface area (Å²) in [6.45, 7) is 7.17. The zero-order chi connectivity index (χ0) is 28.1. The quantitative estimate of drug-likeness (QED) is 0.286. The van der Waals surface area contributed by atoms with Crippen molar-refractivity contribution in [2.45, 2.75) is 12.7 Å². The van der Waals surface area contributed by atoms with Crippen LogP contribution in [-0.4, -0.2) is 89.0 Å². The number of nitrogens with zero attached hydrogens (tertiary/aromatic N) is 4. The van der Waals surface area contributed by atoms with E-state index in [-0.39, 0.29) is 17.2 Å². The zero-order valence-electron chi connectivity index (χ0n) is 20.9. The van der Waals surface area contributed by atoms with E-state index in [0.29, 0.717) is 3.57 Å². The van der Waals surface area contributed by atoms with E-state index < -0.39 is 12.7 Å². The Labute approximate surface area is 231 Å². The van der Waals surface area contributed by atoms with Gasteiger partial charge in [-0.1, -0.05) is 0 Å². The molecule has 2 aliphatic heterocycles. The van der Waals surface area contributed by atoms with Crippen molar-refractivity contribution >= 4 is 39.7 Å². The van der Waals surface area contributed by atoms with Gasteiger partial charge in [-0.3, -0.25) is 0 Å². The maximum atomic E-state index is 12.2. The Bertz CT molecular complexity index is 972. The Hall–Kier alpha value is -2.33. The Morgan fingerprint density at radius 1 is 0.658 bits per heavy atom. The molecule has 0 radical (unpaired) electrons. The number of halogens is 7. The minimum absolute atomic E-state index is 0.00578. The lowest BCUT2D eigenvalue weighted by molar-refractivity contribution is -0.275. The highest BCUT2D eigenvalue weighted by molar-refractivity contribution is 14.1. The minimum Gasteiger partial charge on any atom is -0.405 e. The van der Waals surface area contributed by atoms with Crippen LogP contribution in [0.1, 0.15) is 0 Å². The maximum Gasteiger partial charge on any atom is 0.573 e. The third-order valence-electron chi connectivity index (χ3n) is 6.10. The molecule has 4 rings (SSSR count). The first-order chi connectivity index (χ1) is 17.7. The van der Waals surface area contributed by atoms with E-state index in [0.717, 1.165) is 63.7 Å². The lowest BCUT2D eigenvalue weighted by Gasteiger charge is -2.34. The summed E-state index contributed by atoms with van der Waals surface area (Å²) in [6.07, 6.45) is -9.36. The van der Waals surface area contributed by atoms with Gasteiger partial charge in [0.15, 0.2) is 5.75 Å². The number of rotatable bonds is 4. The number of alkyl halides is 6. The molecule has 0 aromatic heterocycles. The van der Waals surface area contributed by atoms with Gasteiger partial charge in [-0.2, -0.15) is 0 Å². The molecule has 0 spiro atoms. The molecule has 2 fully saturated rings. The van der Waals surface area contributed by atoms with Crippen molar-refractivity contribution in [1.29, 1.82) is 0 Å². The highest BCUT2D eigenvalue weighted by atomic mass is 127. The van der Waals surface area contributed by atoms with E-state index >= 15 is 0 Å². The van der Waals surface area contributed by atoms with Crippen LogP contribution in [0.3, 0.4) is 0 Å². The third kappa shape index (κ3) is 9.45.